The Kier molecular flexibility index (Phi) is 5.39. The van der Waals surface area contributed by atoms with Crippen molar-refractivity contribution in [2.75, 3.05) is 13.7 Å². The fourth-order valence-corrected chi connectivity index (χ4v) is 3.06. The third kappa shape index (κ3) is 3.84. The predicted molar refractivity (Wildman–Crippen MR) is 84.2 cm³/mol. The fraction of sp³-hybridized carbons (Fsp3) is 0.500. The lowest BCUT2D eigenvalue weighted by molar-refractivity contribution is -0.141. The first-order valence-electron chi connectivity index (χ1n) is 7.17. The molecule has 1 aliphatic rings. The maximum absolute atomic E-state index is 12.7. The summed E-state index contributed by atoms with van der Waals surface area (Å²) in [4.78, 5) is 26.0. The Morgan fingerprint density at radius 3 is 2.57 bits per heavy atom. The molecular weight excluding hydrogens is 334 g/mol. The Hall–Kier alpha value is -1.36. The monoisotopic (exact) mass is 353 g/mol. The van der Waals surface area contributed by atoms with Crippen molar-refractivity contribution in [1.82, 2.24) is 4.90 Å². The lowest BCUT2D eigenvalue weighted by atomic mass is 10.1. The highest BCUT2D eigenvalue weighted by Gasteiger charge is 2.29. The van der Waals surface area contributed by atoms with Gasteiger partial charge >= 0.3 is 5.97 Å². The van der Waals surface area contributed by atoms with E-state index >= 15 is 0 Å². The number of esters is 1. The van der Waals surface area contributed by atoms with E-state index in [9.17, 15) is 9.59 Å². The first-order chi connectivity index (χ1) is 10.0. The van der Waals surface area contributed by atoms with Gasteiger partial charge in [0.1, 0.15) is 6.54 Å². The first kappa shape index (κ1) is 16.0. The minimum Gasteiger partial charge on any atom is -0.468 e. The molecule has 0 heterocycles. The summed E-state index contributed by atoms with van der Waals surface area (Å²) >= 11 is 3.45. The van der Waals surface area contributed by atoms with Crippen molar-refractivity contribution < 1.29 is 14.3 Å². The molecule has 4 nitrogen and oxygen atoms in total. The molecule has 1 saturated carbocycles. The molecule has 0 spiro atoms. The maximum atomic E-state index is 12.7. The van der Waals surface area contributed by atoms with Crippen LogP contribution in [0.4, 0.5) is 0 Å². The molecule has 21 heavy (non-hydrogen) atoms. The molecule has 114 valence electrons. The Bertz CT molecular complexity index is 538. The number of hydrogen-bond donors (Lipinski definition) is 0. The van der Waals surface area contributed by atoms with Crippen LogP contribution in [0.1, 0.15) is 41.6 Å². The van der Waals surface area contributed by atoms with Gasteiger partial charge in [0.2, 0.25) is 0 Å². The molecule has 0 atom stereocenters. The maximum Gasteiger partial charge on any atom is 0.325 e. The van der Waals surface area contributed by atoms with Gasteiger partial charge in [0.25, 0.3) is 5.91 Å². The second-order valence-corrected chi connectivity index (χ2v) is 6.27. The van der Waals surface area contributed by atoms with Crippen LogP contribution in [-0.4, -0.2) is 36.5 Å². The van der Waals surface area contributed by atoms with Crippen LogP contribution in [0.25, 0.3) is 0 Å². The number of carbonyl (C=O) groups is 2. The van der Waals surface area contributed by atoms with Gasteiger partial charge < -0.3 is 9.64 Å². The van der Waals surface area contributed by atoms with Crippen molar-refractivity contribution in [3.05, 3.63) is 33.8 Å². The molecule has 1 aliphatic carbocycles. The molecule has 0 N–H and O–H groups in total. The van der Waals surface area contributed by atoms with Crippen LogP contribution in [0.15, 0.2) is 22.7 Å². The molecule has 0 unspecified atom stereocenters. The summed E-state index contributed by atoms with van der Waals surface area (Å²) in [6.45, 7) is 1.99. The van der Waals surface area contributed by atoms with E-state index in [-0.39, 0.29) is 24.5 Å². The number of benzene rings is 1. The second kappa shape index (κ2) is 7.07. The molecule has 0 saturated heterocycles. The van der Waals surface area contributed by atoms with E-state index in [1.807, 2.05) is 25.1 Å². The van der Waals surface area contributed by atoms with Crippen molar-refractivity contribution in [2.24, 2.45) is 0 Å². The first-order valence-corrected chi connectivity index (χ1v) is 7.96. The van der Waals surface area contributed by atoms with Gasteiger partial charge in [-0.3, -0.25) is 9.59 Å². The van der Waals surface area contributed by atoms with Gasteiger partial charge in [-0.05, 0) is 37.5 Å². The minimum atomic E-state index is -0.374. The fourth-order valence-electron chi connectivity index (χ4n) is 2.68. The standard InChI is InChI=1S/C16H20BrNO3/c1-11-7-8-12(9-14(11)17)16(20)18(10-15(19)21-2)13-5-3-4-6-13/h7-9,13H,3-6,10H2,1-2H3. The molecule has 1 fully saturated rings. The van der Waals surface area contributed by atoms with Gasteiger partial charge in [-0.1, -0.05) is 34.8 Å². The van der Waals surface area contributed by atoms with Crippen molar-refractivity contribution in [1.29, 1.82) is 0 Å². The van der Waals surface area contributed by atoms with E-state index in [4.69, 9.17) is 4.74 Å². The summed E-state index contributed by atoms with van der Waals surface area (Å²) in [5.41, 5.74) is 1.68. The van der Waals surface area contributed by atoms with E-state index in [0.717, 1.165) is 35.7 Å². The van der Waals surface area contributed by atoms with E-state index in [1.165, 1.54) is 7.11 Å². The predicted octanol–water partition coefficient (Wildman–Crippen LogP) is 3.32. The lowest BCUT2D eigenvalue weighted by Crippen LogP contribution is -2.42. The zero-order valence-corrected chi connectivity index (χ0v) is 14.0. The van der Waals surface area contributed by atoms with E-state index in [0.29, 0.717) is 5.56 Å². The Balaban J connectivity index is 2.23. The summed E-state index contributed by atoms with van der Waals surface area (Å²) in [5, 5.41) is 0. The molecular formula is C16H20BrNO3. The van der Waals surface area contributed by atoms with Gasteiger partial charge in [-0.2, -0.15) is 0 Å². The van der Waals surface area contributed by atoms with Crippen LogP contribution in [0.3, 0.4) is 0 Å². The van der Waals surface area contributed by atoms with Crippen LogP contribution in [0.2, 0.25) is 0 Å². The van der Waals surface area contributed by atoms with Gasteiger partial charge in [-0.25, -0.2) is 0 Å². The summed E-state index contributed by atoms with van der Waals surface area (Å²) in [7, 11) is 1.35. The molecule has 1 aromatic carbocycles. The Labute approximate surface area is 133 Å². The zero-order chi connectivity index (χ0) is 15.4. The summed E-state index contributed by atoms with van der Waals surface area (Å²) in [5.74, 6) is -0.477. The lowest BCUT2D eigenvalue weighted by Gasteiger charge is -2.28. The molecule has 2 rings (SSSR count). The third-order valence-corrected chi connectivity index (χ3v) is 4.83. The highest BCUT2D eigenvalue weighted by Crippen LogP contribution is 2.26. The number of aryl methyl sites for hydroxylation is 1. The number of halogens is 1. The highest BCUT2D eigenvalue weighted by atomic mass is 79.9. The van der Waals surface area contributed by atoms with Crippen LogP contribution in [0, 0.1) is 6.92 Å². The number of methoxy groups -OCH3 is 1. The number of amides is 1. The number of carbonyl (C=O) groups excluding carboxylic acids is 2. The zero-order valence-electron chi connectivity index (χ0n) is 12.4. The second-order valence-electron chi connectivity index (χ2n) is 5.41. The largest absolute Gasteiger partial charge is 0.468 e. The van der Waals surface area contributed by atoms with Crippen LogP contribution < -0.4 is 0 Å². The van der Waals surface area contributed by atoms with Gasteiger partial charge in [0.05, 0.1) is 7.11 Å². The Morgan fingerprint density at radius 1 is 1.33 bits per heavy atom. The molecule has 1 aromatic rings. The van der Waals surface area contributed by atoms with Gasteiger partial charge in [0.15, 0.2) is 0 Å². The van der Waals surface area contributed by atoms with Crippen LogP contribution in [0.5, 0.6) is 0 Å². The van der Waals surface area contributed by atoms with Gasteiger partial charge in [0, 0.05) is 16.1 Å². The Morgan fingerprint density at radius 2 is 2.00 bits per heavy atom. The molecule has 0 aliphatic heterocycles. The number of hydrogen-bond acceptors (Lipinski definition) is 3. The molecule has 0 radical (unpaired) electrons. The molecule has 5 heteroatoms. The molecule has 0 bridgehead atoms. The number of rotatable bonds is 4. The van der Waals surface area contributed by atoms with Crippen LogP contribution >= 0.6 is 15.9 Å². The SMILES string of the molecule is COC(=O)CN(C(=O)c1ccc(C)c(Br)c1)C1CCCC1. The normalized spacial score (nSPS) is 15.0. The van der Waals surface area contributed by atoms with E-state index in [1.54, 1.807) is 4.90 Å². The van der Waals surface area contributed by atoms with Crippen molar-refractivity contribution >= 4 is 27.8 Å². The highest BCUT2D eigenvalue weighted by molar-refractivity contribution is 9.10. The number of nitrogens with zero attached hydrogens (tertiary/aromatic N) is 1. The summed E-state index contributed by atoms with van der Waals surface area (Å²) in [6.07, 6.45) is 4.12. The average molecular weight is 354 g/mol. The summed E-state index contributed by atoms with van der Waals surface area (Å²) in [6, 6.07) is 5.66. The average Bonchev–Trinajstić information content (AvgIpc) is 3.00. The molecule has 0 aromatic heterocycles. The van der Waals surface area contributed by atoms with Crippen molar-refractivity contribution in [3.63, 3.8) is 0 Å². The quantitative estimate of drug-likeness (QED) is 0.780. The topological polar surface area (TPSA) is 46.6 Å². The third-order valence-electron chi connectivity index (χ3n) is 3.97. The van der Waals surface area contributed by atoms with Gasteiger partial charge in [-0.15, -0.1) is 0 Å². The molecule has 1 amide bonds. The van der Waals surface area contributed by atoms with Crippen LogP contribution in [-0.2, 0) is 9.53 Å². The number of ether oxygens (including phenoxy) is 1. The summed E-state index contributed by atoms with van der Waals surface area (Å²) < 4.78 is 5.63. The minimum absolute atomic E-state index is 0.0193. The smallest absolute Gasteiger partial charge is 0.325 e. The van der Waals surface area contributed by atoms with E-state index < -0.39 is 0 Å². The van der Waals surface area contributed by atoms with Crippen molar-refractivity contribution in [2.45, 2.75) is 38.6 Å². The van der Waals surface area contributed by atoms with Crippen molar-refractivity contribution in [3.8, 4) is 0 Å². The van der Waals surface area contributed by atoms with E-state index in [2.05, 4.69) is 15.9 Å².